The maximum Gasteiger partial charge on any atom is 0.261 e. The molecule has 4 heteroatoms. The van der Waals surface area contributed by atoms with Crippen molar-refractivity contribution < 1.29 is 14.3 Å². The van der Waals surface area contributed by atoms with E-state index in [4.69, 9.17) is 9.47 Å². The Balaban J connectivity index is 1.78. The first kappa shape index (κ1) is 21.8. The summed E-state index contributed by atoms with van der Waals surface area (Å²) in [5.41, 5.74) is 3.49. The second kappa shape index (κ2) is 10.7. The summed E-state index contributed by atoms with van der Waals surface area (Å²) in [6.45, 7) is 10.7. The molecule has 0 heterocycles. The molecule has 2 aromatic carbocycles. The number of carbonyl (C=O) groups excluding carboxylic acids is 1. The number of amides is 1. The molecule has 1 amide bonds. The number of rotatable bonds is 10. The minimum absolute atomic E-state index is 0.0518. The van der Waals surface area contributed by atoms with Crippen molar-refractivity contribution in [3.8, 4) is 11.5 Å². The van der Waals surface area contributed by atoms with E-state index in [0.717, 1.165) is 35.5 Å². The number of nitrogens with one attached hydrogen (secondary N) is 1. The van der Waals surface area contributed by atoms with Crippen LogP contribution in [0.2, 0.25) is 0 Å². The third kappa shape index (κ3) is 6.59. The van der Waals surface area contributed by atoms with Crippen molar-refractivity contribution in [2.75, 3.05) is 6.54 Å². The average molecular weight is 384 g/mol. The van der Waals surface area contributed by atoms with Crippen LogP contribution in [0.25, 0.3) is 0 Å². The molecule has 2 aromatic rings. The van der Waals surface area contributed by atoms with Gasteiger partial charge in [0.25, 0.3) is 5.91 Å². The summed E-state index contributed by atoms with van der Waals surface area (Å²) in [6.07, 6.45) is 2.15. The molecule has 0 aliphatic heterocycles. The highest BCUT2D eigenvalue weighted by molar-refractivity contribution is 5.81. The van der Waals surface area contributed by atoms with Crippen molar-refractivity contribution in [1.82, 2.24) is 5.32 Å². The van der Waals surface area contributed by atoms with E-state index in [0.29, 0.717) is 13.0 Å². The zero-order valence-electron chi connectivity index (χ0n) is 17.7. The van der Waals surface area contributed by atoms with Gasteiger partial charge < -0.3 is 14.8 Å². The number of hydrogen-bond donors (Lipinski definition) is 1. The monoisotopic (exact) mass is 383 g/mol. The molecule has 0 radical (unpaired) electrons. The first-order chi connectivity index (χ1) is 13.4. The van der Waals surface area contributed by atoms with Crippen molar-refractivity contribution in [2.45, 2.75) is 66.1 Å². The van der Waals surface area contributed by atoms with Gasteiger partial charge in [-0.3, -0.25) is 4.79 Å². The van der Waals surface area contributed by atoms with Crippen LogP contribution in [-0.4, -0.2) is 24.7 Å². The lowest BCUT2D eigenvalue weighted by Crippen LogP contribution is -2.38. The molecule has 0 spiro atoms. The lowest BCUT2D eigenvalue weighted by molar-refractivity contribution is -0.128. The van der Waals surface area contributed by atoms with E-state index in [-0.39, 0.29) is 12.0 Å². The summed E-state index contributed by atoms with van der Waals surface area (Å²) < 4.78 is 11.6. The maximum atomic E-state index is 12.5. The molecule has 0 fully saturated rings. The molecule has 1 N–H and O–H groups in total. The van der Waals surface area contributed by atoms with Crippen molar-refractivity contribution >= 4 is 5.91 Å². The smallest absolute Gasteiger partial charge is 0.261 e. The molecule has 152 valence electrons. The molecule has 2 rings (SSSR count). The first-order valence-electron chi connectivity index (χ1n) is 10.2. The highest BCUT2D eigenvalue weighted by Gasteiger charge is 2.18. The predicted octanol–water partition coefficient (Wildman–Crippen LogP) is 5.00. The SMILES string of the molecule is CC[C@@H](Oc1cccc(C)c1C)C(=O)NCCCc1ccc(OC(C)C)cc1. The van der Waals surface area contributed by atoms with Crippen molar-refractivity contribution in [3.63, 3.8) is 0 Å². The molecule has 4 nitrogen and oxygen atoms in total. The van der Waals surface area contributed by atoms with Gasteiger partial charge in [-0.1, -0.05) is 31.2 Å². The summed E-state index contributed by atoms with van der Waals surface area (Å²) in [6, 6.07) is 14.1. The van der Waals surface area contributed by atoms with Crippen LogP contribution in [0.3, 0.4) is 0 Å². The Morgan fingerprint density at radius 1 is 1.04 bits per heavy atom. The summed E-state index contributed by atoms with van der Waals surface area (Å²) in [5.74, 6) is 1.62. The Kier molecular flexibility index (Phi) is 8.37. The molecule has 0 saturated heterocycles. The van der Waals surface area contributed by atoms with Gasteiger partial charge in [-0.15, -0.1) is 0 Å². The van der Waals surface area contributed by atoms with Crippen molar-refractivity contribution in [3.05, 3.63) is 59.2 Å². The standard InChI is InChI=1S/C24H33NO3/c1-6-22(28-23-11-7-9-18(4)19(23)5)24(26)25-16-8-10-20-12-14-21(15-13-20)27-17(2)3/h7,9,11-15,17,22H,6,8,10,16H2,1-5H3,(H,25,26)/t22-/m1/s1. The van der Waals surface area contributed by atoms with Crippen LogP contribution in [0.15, 0.2) is 42.5 Å². The van der Waals surface area contributed by atoms with Crippen LogP contribution in [-0.2, 0) is 11.2 Å². The lowest BCUT2D eigenvalue weighted by Gasteiger charge is -2.19. The van der Waals surface area contributed by atoms with E-state index < -0.39 is 6.10 Å². The highest BCUT2D eigenvalue weighted by atomic mass is 16.5. The van der Waals surface area contributed by atoms with Crippen LogP contribution < -0.4 is 14.8 Å². The maximum absolute atomic E-state index is 12.5. The fourth-order valence-electron chi connectivity index (χ4n) is 2.95. The molecule has 0 aliphatic rings. The molecule has 1 atom stereocenters. The molecule has 0 bridgehead atoms. The van der Waals surface area contributed by atoms with E-state index in [2.05, 4.69) is 17.4 Å². The Labute approximate surface area is 169 Å². The quantitative estimate of drug-likeness (QED) is 0.588. The molecule has 0 aliphatic carbocycles. The molecule has 0 saturated carbocycles. The minimum Gasteiger partial charge on any atom is -0.491 e. The van der Waals surface area contributed by atoms with Crippen LogP contribution in [0.4, 0.5) is 0 Å². The normalized spacial score (nSPS) is 11.9. The van der Waals surface area contributed by atoms with Gasteiger partial charge in [-0.05, 0) is 81.8 Å². The van der Waals surface area contributed by atoms with Gasteiger partial charge >= 0.3 is 0 Å². The predicted molar refractivity (Wildman–Crippen MR) is 114 cm³/mol. The summed E-state index contributed by atoms with van der Waals surface area (Å²) in [7, 11) is 0. The topological polar surface area (TPSA) is 47.6 Å². The molecular formula is C24H33NO3. The fourth-order valence-corrected chi connectivity index (χ4v) is 2.95. The molecule has 28 heavy (non-hydrogen) atoms. The van der Waals surface area contributed by atoms with E-state index in [1.54, 1.807) is 0 Å². The third-order valence-corrected chi connectivity index (χ3v) is 4.72. The third-order valence-electron chi connectivity index (χ3n) is 4.72. The van der Waals surface area contributed by atoms with Gasteiger partial charge in [0.1, 0.15) is 11.5 Å². The summed E-state index contributed by atoms with van der Waals surface area (Å²) in [4.78, 5) is 12.5. The fraction of sp³-hybridized carbons (Fsp3) is 0.458. The van der Waals surface area contributed by atoms with Crippen LogP contribution in [0, 0.1) is 13.8 Å². The Hall–Kier alpha value is -2.49. The summed E-state index contributed by atoms with van der Waals surface area (Å²) in [5, 5.41) is 3.01. The molecule has 0 unspecified atom stereocenters. The molecular weight excluding hydrogens is 350 g/mol. The van der Waals surface area contributed by atoms with Gasteiger partial charge in [0, 0.05) is 6.54 Å². The second-order valence-corrected chi connectivity index (χ2v) is 7.42. The number of ether oxygens (including phenoxy) is 2. The average Bonchev–Trinajstić information content (AvgIpc) is 2.67. The summed E-state index contributed by atoms with van der Waals surface area (Å²) >= 11 is 0. The van der Waals surface area contributed by atoms with Crippen molar-refractivity contribution in [1.29, 1.82) is 0 Å². The van der Waals surface area contributed by atoms with Crippen molar-refractivity contribution in [2.24, 2.45) is 0 Å². The van der Waals surface area contributed by atoms with E-state index in [1.807, 2.05) is 65.0 Å². The number of hydrogen-bond acceptors (Lipinski definition) is 3. The number of benzene rings is 2. The first-order valence-corrected chi connectivity index (χ1v) is 10.2. The van der Waals surface area contributed by atoms with Gasteiger partial charge in [-0.25, -0.2) is 0 Å². The van der Waals surface area contributed by atoms with E-state index in [1.165, 1.54) is 5.56 Å². The Morgan fingerprint density at radius 3 is 2.39 bits per heavy atom. The molecule has 0 aromatic heterocycles. The Morgan fingerprint density at radius 2 is 1.75 bits per heavy atom. The van der Waals surface area contributed by atoms with Gasteiger partial charge in [0.15, 0.2) is 6.10 Å². The van der Waals surface area contributed by atoms with Crippen LogP contribution >= 0.6 is 0 Å². The largest absolute Gasteiger partial charge is 0.491 e. The van der Waals surface area contributed by atoms with Gasteiger partial charge in [0.2, 0.25) is 0 Å². The van der Waals surface area contributed by atoms with E-state index >= 15 is 0 Å². The minimum atomic E-state index is -0.465. The number of aryl methyl sites for hydroxylation is 2. The highest BCUT2D eigenvalue weighted by Crippen LogP contribution is 2.22. The van der Waals surface area contributed by atoms with E-state index in [9.17, 15) is 4.79 Å². The zero-order valence-corrected chi connectivity index (χ0v) is 17.7. The Bertz CT molecular complexity index is 753. The zero-order chi connectivity index (χ0) is 20.5. The second-order valence-electron chi connectivity index (χ2n) is 7.42. The lowest BCUT2D eigenvalue weighted by atomic mass is 10.1. The van der Waals surface area contributed by atoms with Crippen LogP contribution in [0.1, 0.15) is 50.3 Å². The van der Waals surface area contributed by atoms with Crippen LogP contribution in [0.5, 0.6) is 11.5 Å². The van der Waals surface area contributed by atoms with Gasteiger partial charge in [-0.2, -0.15) is 0 Å². The van der Waals surface area contributed by atoms with Gasteiger partial charge in [0.05, 0.1) is 6.10 Å². The number of carbonyl (C=O) groups is 1.